The molecule has 0 radical (unpaired) electrons. The highest BCUT2D eigenvalue weighted by Crippen LogP contribution is 2.18. The molecule has 9 heteroatoms. The molecule has 0 aromatic carbocycles. The predicted octanol–water partition coefficient (Wildman–Crippen LogP) is 23.4. The summed E-state index contributed by atoms with van der Waals surface area (Å²) in [7, 11) is 5.91. The molecular formula is C84H145NO8. The molecule has 0 amide bonds. The number of nitrogens with zero attached hydrogens (tertiary/aromatic N) is 1. The summed E-state index contributed by atoms with van der Waals surface area (Å²) in [5.74, 6) is -2.36. The first-order valence-corrected chi connectivity index (χ1v) is 38.7. The smallest absolute Gasteiger partial charge is 0.306 e. The molecule has 2 atom stereocenters. The molecule has 0 rings (SSSR count). The van der Waals surface area contributed by atoms with Gasteiger partial charge in [-0.25, -0.2) is 0 Å². The monoisotopic (exact) mass is 1300 g/mol. The van der Waals surface area contributed by atoms with Crippen molar-refractivity contribution in [2.24, 2.45) is 0 Å². The molecule has 0 bridgehead atoms. The van der Waals surface area contributed by atoms with E-state index in [4.69, 9.17) is 18.9 Å². The number of carboxylic acid groups (broad SMARTS) is 1. The Morgan fingerprint density at radius 3 is 0.957 bits per heavy atom. The first kappa shape index (κ1) is 88.7. The number of carbonyl (C=O) groups excluding carboxylic acids is 3. The summed E-state index contributed by atoms with van der Waals surface area (Å²) in [6.45, 7) is 4.59. The molecular weight excluding hydrogens is 1150 g/mol. The van der Waals surface area contributed by atoms with Gasteiger partial charge in [0.25, 0.3) is 0 Å². The number of unbranched alkanes of at least 4 members (excludes halogenated alkanes) is 36. The minimum absolute atomic E-state index is 0.132. The lowest BCUT2D eigenvalue weighted by molar-refractivity contribution is -0.870. The van der Waals surface area contributed by atoms with Gasteiger partial charge in [-0.3, -0.25) is 9.59 Å². The number of carbonyl (C=O) groups is 3. The highest BCUT2D eigenvalue weighted by atomic mass is 16.7. The van der Waals surface area contributed by atoms with Gasteiger partial charge in [-0.1, -0.05) is 341 Å². The van der Waals surface area contributed by atoms with E-state index in [1.807, 2.05) is 21.1 Å². The van der Waals surface area contributed by atoms with Gasteiger partial charge in [0.1, 0.15) is 13.2 Å². The summed E-state index contributed by atoms with van der Waals surface area (Å²) in [6, 6.07) is 0. The lowest BCUT2D eigenvalue weighted by atomic mass is 10.0. The van der Waals surface area contributed by atoms with Crippen LogP contribution in [0.15, 0.2) is 122 Å². The molecule has 9 nitrogen and oxygen atoms in total. The molecule has 0 aromatic rings. The summed E-state index contributed by atoms with van der Waals surface area (Å²) in [4.78, 5) is 37.5. The standard InChI is InChI=1S/C84H145NO8/c1-6-8-10-12-14-16-18-20-22-24-26-28-30-32-34-36-37-38-39-40-41-42-43-44-45-47-48-50-52-54-56-58-60-62-64-66-68-70-72-74-81(86)91-78-80(79-92-84(83(88)89)90-77-76-85(3,4)5)93-82(87)75-73-71-69-67-65-63-61-59-57-55-53-51-49-46-35-33-31-29-27-25-23-21-19-17-15-13-11-9-7-2/h9,11,15,17,21,23-24,26-27,29,33,35,49,51,55,57,61,63,67,69,80,84H,6-8,10,12-14,16,18-20,22,25,28,30-32,34,36-48,50,52-54,56,58-60,62,64-66,68,70-79H2,1-5H3/b11-9-,17-15-,23-21-,26-24-,29-27-,35-33-,51-49-,57-55-,63-61-,69-67-. The van der Waals surface area contributed by atoms with Crippen molar-refractivity contribution in [1.29, 1.82) is 0 Å². The Kier molecular flexibility index (Phi) is 70.1. The first-order valence-electron chi connectivity index (χ1n) is 38.7. The van der Waals surface area contributed by atoms with Crippen LogP contribution in [0.1, 0.15) is 335 Å². The molecule has 0 aromatic heterocycles. The maximum Gasteiger partial charge on any atom is 0.306 e. The zero-order valence-corrected chi connectivity index (χ0v) is 61.1. The van der Waals surface area contributed by atoms with Crippen LogP contribution in [0.4, 0.5) is 0 Å². The quantitative estimate of drug-likeness (QED) is 0.0195. The highest BCUT2D eigenvalue weighted by molar-refractivity contribution is 5.70. The maximum absolute atomic E-state index is 12.9. The molecule has 0 saturated carbocycles. The maximum atomic E-state index is 12.9. The van der Waals surface area contributed by atoms with Gasteiger partial charge < -0.3 is 33.3 Å². The van der Waals surface area contributed by atoms with Crippen LogP contribution in [0.2, 0.25) is 0 Å². The molecule has 0 N–H and O–H groups in total. The van der Waals surface area contributed by atoms with Crippen molar-refractivity contribution in [2.75, 3.05) is 47.5 Å². The van der Waals surface area contributed by atoms with E-state index in [9.17, 15) is 19.5 Å². The second-order valence-electron chi connectivity index (χ2n) is 26.9. The fraction of sp³-hybridized carbons (Fsp3) is 0.726. The fourth-order valence-corrected chi connectivity index (χ4v) is 10.8. The zero-order chi connectivity index (χ0) is 67.5. The number of hydrogen-bond acceptors (Lipinski definition) is 8. The highest BCUT2D eigenvalue weighted by Gasteiger charge is 2.22. The number of quaternary nitrogens is 1. The van der Waals surface area contributed by atoms with Gasteiger partial charge in [0.05, 0.1) is 40.3 Å². The number of ether oxygens (including phenoxy) is 4. The van der Waals surface area contributed by atoms with Gasteiger partial charge in [0.15, 0.2) is 12.4 Å². The van der Waals surface area contributed by atoms with Crippen molar-refractivity contribution in [3.05, 3.63) is 122 Å². The van der Waals surface area contributed by atoms with Crippen LogP contribution in [0, 0.1) is 0 Å². The molecule has 2 unspecified atom stereocenters. The summed E-state index contributed by atoms with van der Waals surface area (Å²) < 4.78 is 22.7. The van der Waals surface area contributed by atoms with Crippen molar-refractivity contribution in [3.8, 4) is 0 Å². The molecule has 0 spiro atoms. The number of carboxylic acids is 1. The normalized spacial score (nSPS) is 13.3. The largest absolute Gasteiger partial charge is 0.545 e. The van der Waals surface area contributed by atoms with E-state index < -0.39 is 24.3 Å². The van der Waals surface area contributed by atoms with E-state index >= 15 is 0 Å². The van der Waals surface area contributed by atoms with Crippen molar-refractivity contribution < 1.29 is 42.9 Å². The number of hydrogen-bond donors (Lipinski definition) is 0. The average molecular weight is 1300 g/mol. The van der Waals surface area contributed by atoms with Crippen molar-refractivity contribution in [3.63, 3.8) is 0 Å². The van der Waals surface area contributed by atoms with Gasteiger partial charge in [-0.05, 0) is 103 Å². The van der Waals surface area contributed by atoms with E-state index in [-0.39, 0.29) is 38.6 Å². The molecule has 0 saturated heterocycles. The molecule has 93 heavy (non-hydrogen) atoms. The fourth-order valence-electron chi connectivity index (χ4n) is 10.8. The van der Waals surface area contributed by atoms with Gasteiger partial charge >= 0.3 is 11.9 Å². The minimum atomic E-state index is -1.64. The topological polar surface area (TPSA) is 111 Å². The lowest BCUT2D eigenvalue weighted by Crippen LogP contribution is -2.44. The number of likely N-dealkylation sites (N-methyl/N-ethyl adjacent to an activating group) is 1. The van der Waals surface area contributed by atoms with Crippen LogP contribution < -0.4 is 5.11 Å². The number of allylic oxidation sites excluding steroid dienone is 20. The van der Waals surface area contributed by atoms with Crippen LogP contribution in [0.3, 0.4) is 0 Å². The Hall–Kier alpha value is -4.31. The molecule has 0 aliphatic carbocycles. The average Bonchev–Trinajstić information content (AvgIpc) is 3.74. The van der Waals surface area contributed by atoms with Gasteiger partial charge in [0, 0.05) is 12.8 Å². The number of aliphatic carboxylic acids is 1. The summed E-state index contributed by atoms with van der Waals surface area (Å²) in [5, 5.41) is 11.8. The van der Waals surface area contributed by atoms with Gasteiger partial charge in [0.2, 0.25) is 0 Å². The molecule has 0 aliphatic heterocycles. The zero-order valence-electron chi connectivity index (χ0n) is 61.1. The number of esters is 2. The molecule has 0 heterocycles. The SMILES string of the molecule is CC/C=C\C/C=C\C/C=C\C/C=C\C/C=C\C/C=C\C/C=C\C/C=C\C/C=C\CCCC(=O)OC(COC(=O)CCCCCCCCCCCCCCCCCCCCCCCCCCCCC/C=C\CCCCCCCCCC)COC(OCC[N+](C)(C)C)C(=O)[O-]. The molecule has 0 fully saturated rings. The van der Waals surface area contributed by atoms with E-state index in [2.05, 4.69) is 135 Å². The van der Waals surface area contributed by atoms with Crippen LogP contribution in [0.5, 0.6) is 0 Å². The predicted molar refractivity (Wildman–Crippen MR) is 398 cm³/mol. The van der Waals surface area contributed by atoms with E-state index in [1.54, 1.807) is 0 Å². The van der Waals surface area contributed by atoms with Gasteiger partial charge in [-0.2, -0.15) is 0 Å². The Labute approximate surface area is 574 Å². The lowest BCUT2D eigenvalue weighted by Gasteiger charge is -2.26. The third-order valence-electron chi connectivity index (χ3n) is 16.7. The van der Waals surface area contributed by atoms with Crippen LogP contribution in [-0.2, 0) is 33.3 Å². The van der Waals surface area contributed by atoms with Crippen molar-refractivity contribution in [2.45, 2.75) is 347 Å². The molecule has 534 valence electrons. The van der Waals surface area contributed by atoms with E-state index in [0.29, 0.717) is 23.9 Å². The van der Waals surface area contributed by atoms with Crippen LogP contribution in [-0.4, -0.2) is 82.3 Å². The van der Waals surface area contributed by atoms with Crippen molar-refractivity contribution in [1.82, 2.24) is 0 Å². The van der Waals surface area contributed by atoms with Crippen LogP contribution in [0.25, 0.3) is 0 Å². The first-order chi connectivity index (χ1) is 45.6. The summed E-state index contributed by atoms with van der Waals surface area (Å²) in [5.41, 5.74) is 0. The second-order valence-corrected chi connectivity index (χ2v) is 26.9. The minimum Gasteiger partial charge on any atom is -0.545 e. The Morgan fingerprint density at radius 1 is 0.333 bits per heavy atom. The van der Waals surface area contributed by atoms with Crippen molar-refractivity contribution >= 4 is 17.9 Å². The Bertz CT molecular complexity index is 1950. The summed E-state index contributed by atoms with van der Waals surface area (Å²) in [6.07, 6.45) is 102. The van der Waals surface area contributed by atoms with Crippen LogP contribution >= 0.6 is 0 Å². The Morgan fingerprint density at radius 2 is 0.624 bits per heavy atom. The summed E-state index contributed by atoms with van der Waals surface area (Å²) >= 11 is 0. The number of rotatable bonds is 71. The molecule has 0 aliphatic rings. The Balaban J connectivity index is 4.09. The second kappa shape index (κ2) is 73.5. The third kappa shape index (κ3) is 74.9. The van der Waals surface area contributed by atoms with E-state index in [1.165, 1.54) is 218 Å². The third-order valence-corrected chi connectivity index (χ3v) is 16.7. The van der Waals surface area contributed by atoms with Gasteiger partial charge in [-0.15, -0.1) is 0 Å². The van der Waals surface area contributed by atoms with E-state index in [0.717, 1.165) is 77.0 Å².